The van der Waals surface area contributed by atoms with E-state index in [1.807, 2.05) is 0 Å². The van der Waals surface area contributed by atoms with Crippen LogP contribution in [-0.2, 0) is 20.9 Å². The Morgan fingerprint density at radius 1 is 1.23 bits per heavy atom. The van der Waals surface area contributed by atoms with Gasteiger partial charge in [-0.15, -0.1) is 0 Å². The van der Waals surface area contributed by atoms with Crippen LogP contribution >= 0.6 is 0 Å². The summed E-state index contributed by atoms with van der Waals surface area (Å²) in [6, 6.07) is 2.63. The van der Waals surface area contributed by atoms with E-state index in [4.69, 9.17) is 14.2 Å². The molecule has 4 unspecified atom stereocenters. The summed E-state index contributed by atoms with van der Waals surface area (Å²) in [5, 5.41) is 33.2. The van der Waals surface area contributed by atoms with E-state index < -0.39 is 30.1 Å². The van der Waals surface area contributed by atoms with Crippen molar-refractivity contribution in [1.82, 2.24) is 10.2 Å². The number of carbonyl (C=O) groups is 2. The third-order valence-corrected chi connectivity index (χ3v) is 6.85. The number of nitrogens with zero attached hydrogens (tertiary/aromatic N) is 1. The molecule has 1 heterocycles. The van der Waals surface area contributed by atoms with Crippen molar-refractivity contribution in [3.63, 3.8) is 0 Å². The number of nitrogens with one attached hydrogen (secondary N) is 1. The van der Waals surface area contributed by atoms with Crippen molar-refractivity contribution in [3.05, 3.63) is 34.9 Å². The fourth-order valence-electron chi connectivity index (χ4n) is 4.92. The Labute approximate surface area is 204 Å². The van der Waals surface area contributed by atoms with Crippen LogP contribution in [0, 0.1) is 5.92 Å². The Hall–Kier alpha value is -2.66. The first-order valence-corrected chi connectivity index (χ1v) is 12.0. The third-order valence-electron chi connectivity index (χ3n) is 6.85. The van der Waals surface area contributed by atoms with Gasteiger partial charge in [-0.05, 0) is 42.5 Å². The molecule has 1 aromatic carbocycles. The third kappa shape index (κ3) is 5.16. The van der Waals surface area contributed by atoms with Gasteiger partial charge in [-0.1, -0.05) is 0 Å². The van der Waals surface area contributed by atoms with Crippen LogP contribution in [0.25, 0.3) is 0 Å². The van der Waals surface area contributed by atoms with Crippen LogP contribution in [0.15, 0.2) is 23.8 Å². The van der Waals surface area contributed by atoms with Crippen LogP contribution in [0.5, 0.6) is 11.5 Å². The molecule has 10 nitrogen and oxygen atoms in total. The standard InChI is InChI=1S/C25H34N2O8/c1-33-8-5-20(30)27(12-14-3-4-14)18-11-17(25(32)26-6-7-28)21-16-9-15(13-29)10-19(34-2)23(16)35-24(21)22(18)31/h9-11,14,18,21-22,24,28-29,31H,3-8,12-13H2,1-2H3,(H,26,32). The molecule has 0 bridgehead atoms. The van der Waals surface area contributed by atoms with Gasteiger partial charge < -0.3 is 39.7 Å². The molecule has 0 radical (unpaired) electrons. The van der Waals surface area contributed by atoms with Crippen LogP contribution in [0.3, 0.4) is 0 Å². The van der Waals surface area contributed by atoms with Gasteiger partial charge in [-0.25, -0.2) is 0 Å². The number of carbonyl (C=O) groups excluding carboxylic acids is 2. The molecule has 4 rings (SSSR count). The Balaban J connectivity index is 1.76. The van der Waals surface area contributed by atoms with Crippen LogP contribution in [0.1, 0.15) is 36.3 Å². The molecule has 1 fully saturated rings. The van der Waals surface area contributed by atoms with Gasteiger partial charge in [0.15, 0.2) is 11.5 Å². The van der Waals surface area contributed by atoms with Gasteiger partial charge >= 0.3 is 0 Å². The van der Waals surface area contributed by atoms with Gasteiger partial charge in [0.1, 0.15) is 12.2 Å². The van der Waals surface area contributed by atoms with E-state index in [0.29, 0.717) is 40.7 Å². The van der Waals surface area contributed by atoms with Crippen molar-refractivity contribution in [2.75, 3.05) is 40.5 Å². The second-order valence-corrected chi connectivity index (χ2v) is 9.25. The molecule has 1 aliphatic heterocycles. The minimum Gasteiger partial charge on any atom is -0.493 e. The summed E-state index contributed by atoms with van der Waals surface area (Å²) >= 11 is 0. The Morgan fingerprint density at radius 2 is 2.00 bits per heavy atom. The number of hydrogen-bond acceptors (Lipinski definition) is 8. The summed E-state index contributed by atoms with van der Waals surface area (Å²) in [6.07, 6.45) is 1.90. The van der Waals surface area contributed by atoms with Crippen molar-refractivity contribution in [2.45, 2.75) is 50.0 Å². The lowest BCUT2D eigenvalue weighted by Crippen LogP contribution is -2.56. The molecule has 4 atom stereocenters. The number of hydrogen-bond donors (Lipinski definition) is 4. The normalized spacial score (nSPS) is 24.7. The van der Waals surface area contributed by atoms with Gasteiger partial charge in [0.2, 0.25) is 11.8 Å². The zero-order chi connectivity index (χ0) is 25.1. The summed E-state index contributed by atoms with van der Waals surface area (Å²) in [5.74, 6) is -0.0483. The minimum absolute atomic E-state index is 0.0626. The molecular formula is C25H34N2O8. The molecule has 0 saturated heterocycles. The predicted molar refractivity (Wildman–Crippen MR) is 125 cm³/mol. The number of aliphatic hydroxyl groups is 3. The summed E-state index contributed by atoms with van der Waals surface area (Å²) in [4.78, 5) is 28.0. The van der Waals surface area contributed by atoms with E-state index in [1.54, 1.807) is 23.1 Å². The lowest BCUT2D eigenvalue weighted by atomic mass is 9.77. The van der Waals surface area contributed by atoms with Crippen molar-refractivity contribution in [1.29, 1.82) is 0 Å². The summed E-state index contributed by atoms with van der Waals surface area (Å²) in [6.45, 7) is 0.344. The summed E-state index contributed by atoms with van der Waals surface area (Å²) < 4.78 is 16.8. The quantitative estimate of drug-likeness (QED) is 0.342. The monoisotopic (exact) mass is 490 g/mol. The highest BCUT2D eigenvalue weighted by Crippen LogP contribution is 2.51. The maximum atomic E-state index is 13.2. The smallest absolute Gasteiger partial charge is 0.247 e. The molecule has 2 amide bonds. The molecule has 192 valence electrons. The lowest BCUT2D eigenvalue weighted by molar-refractivity contribution is -0.138. The second kappa shape index (κ2) is 10.9. The first-order valence-electron chi connectivity index (χ1n) is 12.0. The first kappa shape index (κ1) is 25.4. The Kier molecular flexibility index (Phi) is 7.95. The highest BCUT2D eigenvalue weighted by atomic mass is 16.5. The molecule has 1 saturated carbocycles. The van der Waals surface area contributed by atoms with Gasteiger partial charge in [0.25, 0.3) is 0 Å². The van der Waals surface area contributed by atoms with E-state index in [0.717, 1.165) is 12.8 Å². The van der Waals surface area contributed by atoms with Gasteiger partial charge in [-0.3, -0.25) is 9.59 Å². The second-order valence-electron chi connectivity index (χ2n) is 9.25. The van der Waals surface area contributed by atoms with E-state index >= 15 is 0 Å². The minimum atomic E-state index is -1.10. The number of benzene rings is 1. The number of fused-ring (bicyclic) bond motifs is 3. The fraction of sp³-hybridized carbons (Fsp3) is 0.600. The molecule has 4 N–H and O–H groups in total. The largest absolute Gasteiger partial charge is 0.493 e. The van der Waals surface area contributed by atoms with E-state index in [1.165, 1.54) is 14.2 Å². The molecule has 3 aliphatic rings. The van der Waals surface area contributed by atoms with Crippen LogP contribution in [0.4, 0.5) is 0 Å². The SMILES string of the molecule is COCCC(=O)N(CC1CC1)C1C=C(C(=O)NCCO)C2c3cc(CO)cc(OC)c3OC2C1O. The maximum Gasteiger partial charge on any atom is 0.247 e. The fourth-order valence-corrected chi connectivity index (χ4v) is 4.92. The average molecular weight is 491 g/mol. The van der Waals surface area contributed by atoms with Crippen molar-refractivity contribution >= 4 is 11.8 Å². The Morgan fingerprint density at radius 3 is 2.63 bits per heavy atom. The highest BCUT2D eigenvalue weighted by molar-refractivity contribution is 5.96. The van der Waals surface area contributed by atoms with E-state index in [2.05, 4.69) is 5.32 Å². The lowest BCUT2D eigenvalue weighted by Gasteiger charge is -2.41. The topological polar surface area (TPSA) is 138 Å². The van der Waals surface area contributed by atoms with Crippen LogP contribution in [-0.4, -0.2) is 90.8 Å². The summed E-state index contributed by atoms with van der Waals surface area (Å²) in [5.41, 5.74) is 1.55. The highest BCUT2D eigenvalue weighted by Gasteiger charge is 2.51. The molecule has 35 heavy (non-hydrogen) atoms. The number of aliphatic hydroxyl groups excluding tert-OH is 3. The zero-order valence-corrected chi connectivity index (χ0v) is 20.1. The number of rotatable bonds is 11. The van der Waals surface area contributed by atoms with Gasteiger partial charge in [0, 0.05) is 31.3 Å². The summed E-state index contributed by atoms with van der Waals surface area (Å²) in [7, 11) is 3.01. The van der Waals surface area contributed by atoms with Crippen molar-refractivity contribution < 1.29 is 39.1 Å². The van der Waals surface area contributed by atoms with E-state index in [-0.39, 0.29) is 38.7 Å². The number of amides is 2. The molecule has 1 aromatic rings. The molecule has 10 heteroatoms. The Bertz CT molecular complexity index is 976. The zero-order valence-electron chi connectivity index (χ0n) is 20.1. The maximum absolute atomic E-state index is 13.2. The molecule has 2 aliphatic carbocycles. The number of methoxy groups -OCH3 is 2. The van der Waals surface area contributed by atoms with E-state index in [9.17, 15) is 24.9 Å². The van der Waals surface area contributed by atoms with Crippen molar-refractivity contribution in [2.24, 2.45) is 5.92 Å². The van der Waals surface area contributed by atoms with Crippen LogP contribution in [0.2, 0.25) is 0 Å². The van der Waals surface area contributed by atoms with Crippen LogP contribution < -0.4 is 14.8 Å². The molecular weight excluding hydrogens is 456 g/mol. The van der Waals surface area contributed by atoms with Crippen molar-refractivity contribution in [3.8, 4) is 11.5 Å². The van der Waals surface area contributed by atoms with Gasteiger partial charge in [0.05, 0.1) is 45.3 Å². The first-order chi connectivity index (χ1) is 16.9. The molecule has 0 aromatic heterocycles. The average Bonchev–Trinajstić information content (AvgIpc) is 3.61. The van der Waals surface area contributed by atoms with Gasteiger partial charge in [-0.2, -0.15) is 0 Å². The molecule has 0 spiro atoms. The predicted octanol–water partition coefficient (Wildman–Crippen LogP) is 0.0852. The number of ether oxygens (including phenoxy) is 3.